The topological polar surface area (TPSA) is 41.1 Å². The Hall–Kier alpha value is -1.35. The van der Waals surface area contributed by atoms with Crippen LogP contribution in [-0.4, -0.2) is 24.0 Å². The summed E-state index contributed by atoms with van der Waals surface area (Å²) in [5.74, 6) is 0.111. The van der Waals surface area contributed by atoms with Crippen molar-refractivity contribution in [2.75, 3.05) is 6.54 Å². The van der Waals surface area contributed by atoms with E-state index in [0.717, 1.165) is 12.8 Å². The first-order valence-corrected chi connectivity index (χ1v) is 8.13. The van der Waals surface area contributed by atoms with E-state index in [9.17, 15) is 4.79 Å². The molecule has 1 saturated carbocycles. The standard InChI is InChI=1S/C18H28N2O/c1-18(2,13-12-15-8-4-3-5-9-15)20-17(21)14-19-16-10-6-7-11-16/h3-5,8-9,16,19H,6-7,10-14H2,1-2H3,(H,20,21). The van der Waals surface area contributed by atoms with E-state index in [2.05, 4.69) is 48.7 Å². The highest BCUT2D eigenvalue weighted by Crippen LogP contribution is 2.17. The predicted octanol–water partition coefficient (Wildman–Crippen LogP) is 3.05. The van der Waals surface area contributed by atoms with Crippen LogP contribution in [0.15, 0.2) is 30.3 Å². The first kappa shape index (κ1) is 16.0. The third-order valence-corrected chi connectivity index (χ3v) is 4.27. The summed E-state index contributed by atoms with van der Waals surface area (Å²) in [7, 11) is 0. The second-order valence-electron chi connectivity index (χ2n) is 6.78. The summed E-state index contributed by atoms with van der Waals surface area (Å²) < 4.78 is 0. The number of carbonyl (C=O) groups is 1. The Bertz CT molecular complexity index is 436. The lowest BCUT2D eigenvalue weighted by molar-refractivity contribution is -0.122. The highest BCUT2D eigenvalue weighted by molar-refractivity contribution is 5.78. The molecule has 2 rings (SSSR count). The van der Waals surface area contributed by atoms with Crippen molar-refractivity contribution in [3.63, 3.8) is 0 Å². The Balaban J connectivity index is 1.70. The molecule has 1 aliphatic carbocycles. The fourth-order valence-corrected chi connectivity index (χ4v) is 2.95. The van der Waals surface area contributed by atoms with Crippen molar-refractivity contribution in [2.45, 2.75) is 64.0 Å². The van der Waals surface area contributed by atoms with Gasteiger partial charge < -0.3 is 10.6 Å². The molecule has 3 nitrogen and oxygen atoms in total. The molecule has 0 heterocycles. The molecule has 21 heavy (non-hydrogen) atoms. The molecule has 1 fully saturated rings. The van der Waals surface area contributed by atoms with Crippen LogP contribution in [0.1, 0.15) is 51.5 Å². The van der Waals surface area contributed by atoms with Crippen molar-refractivity contribution in [3.8, 4) is 0 Å². The van der Waals surface area contributed by atoms with Gasteiger partial charge in [0.15, 0.2) is 0 Å². The second-order valence-corrected chi connectivity index (χ2v) is 6.78. The van der Waals surface area contributed by atoms with Crippen molar-refractivity contribution in [2.24, 2.45) is 0 Å². The minimum atomic E-state index is -0.162. The second kappa shape index (κ2) is 7.60. The van der Waals surface area contributed by atoms with E-state index in [0.29, 0.717) is 12.6 Å². The molecule has 0 unspecified atom stereocenters. The predicted molar refractivity (Wildman–Crippen MR) is 87.2 cm³/mol. The average Bonchev–Trinajstić information content (AvgIpc) is 2.97. The van der Waals surface area contributed by atoms with Crippen molar-refractivity contribution in [1.82, 2.24) is 10.6 Å². The van der Waals surface area contributed by atoms with Crippen molar-refractivity contribution in [3.05, 3.63) is 35.9 Å². The smallest absolute Gasteiger partial charge is 0.234 e. The molecule has 0 bridgehead atoms. The van der Waals surface area contributed by atoms with Gasteiger partial charge in [0.1, 0.15) is 0 Å². The van der Waals surface area contributed by atoms with Gasteiger partial charge in [-0.1, -0.05) is 43.2 Å². The Morgan fingerprint density at radius 1 is 1.19 bits per heavy atom. The number of carbonyl (C=O) groups excluding carboxylic acids is 1. The van der Waals surface area contributed by atoms with Gasteiger partial charge >= 0.3 is 0 Å². The molecule has 116 valence electrons. The number of hydrogen-bond donors (Lipinski definition) is 2. The molecular formula is C18H28N2O. The lowest BCUT2D eigenvalue weighted by Crippen LogP contribution is -2.48. The summed E-state index contributed by atoms with van der Waals surface area (Å²) in [4.78, 5) is 12.1. The zero-order valence-corrected chi connectivity index (χ0v) is 13.3. The van der Waals surface area contributed by atoms with Gasteiger partial charge in [0.2, 0.25) is 5.91 Å². The Kier molecular flexibility index (Phi) is 5.80. The molecule has 3 heteroatoms. The van der Waals surface area contributed by atoms with Gasteiger partial charge in [-0.05, 0) is 45.1 Å². The van der Waals surface area contributed by atoms with Crippen molar-refractivity contribution < 1.29 is 4.79 Å². The third kappa shape index (κ3) is 5.88. The molecular weight excluding hydrogens is 260 g/mol. The van der Waals surface area contributed by atoms with Crippen molar-refractivity contribution in [1.29, 1.82) is 0 Å². The average molecular weight is 288 g/mol. The van der Waals surface area contributed by atoms with E-state index < -0.39 is 0 Å². The van der Waals surface area contributed by atoms with Gasteiger partial charge in [-0.3, -0.25) is 4.79 Å². The van der Waals surface area contributed by atoms with E-state index in [-0.39, 0.29) is 11.4 Å². The van der Waals surface area contributed by atoms with E-state index >= 15 is 0 Å². The van der Waals surface area contributed by atoms with Gasteiger partial charge in [0, 0.05) is 11.6 Å². The molecule has 0 atom stereocenters. The van der Waals surface area contributed by atoms with Crippen LogP contribution >= 0.6 is 0 Å². The number of hydrogen-bond acceptors (Lipinski definition) is 2. The van der Waals surface area contributed by atoms with Crippen molar-refractivity contribution >= 4 is 5.91 Å². The number of nitrogens with one attached hydrogen (secondary N) is 2. The molecule has 0 saturated heterocycles. The fourth-order valence-electron chi connectivity index (χ4n) is 2.95. The lowest BCUT2D eigenvalue weighted by atomic mass is 9.95. The molecule has 0 radical (unpaired) electrons. The minimum absolute atomic E-state index is 0.111. The highest BCUT2D eigenvalue weighted by Gasteiger charge is 2.21. The maximum absolute atomic E-state index is 12.1. The Morgan fingerprint density at radius 3 is 2.52 bits per heavy atom. The van der Waals surface area contributed by atoms with Crippen LogP contribution in [0.2, 0.25) is 0 Å². The molecule has 2 N–H and O–H groups in total. The number of amides is 1. The Morgan fingerprint density at radius 2 is 1.86 bits per heavy atom. The van der Waals surface area contributed by atoms with Crippen LogP contribution in [0.4, 0.5) is 0 Å². The van der Waals surface area contributed by atoms with Gasteiger partial charge in [0.25, 0.3) is 0 Å². The summed E-state index contributed by atoms with van der Waals surface area (Å²) in [6.45, 7) is 4.65. The number of benzene rings is 1. The molecule has 1 aromatic carbocycles. The molecule has 0 aliphatic heterocycles. The molecule has 0 aromatic heterocycles. The first-order chi connectivity index (χ1) is 10.1. The quantitative estimate of drug-likeness (QED) is 0.809. The van der Waals surface area contributed by atoms with Gasteiger partial charge in [-0.2, -0.15) is 0 Å². The van der Waals surface area contributed by atoms with Gasteiger partial charge in [-0.25, -0.2) is 0 Å². The Labute approximate surface area is 128 Å². The third-order valence-electron chi connectivity index (χ3n) is 4.27. The van der Waals surface area contributed by atoms with Gasteiger partial charge in [-0.15, -0.1) is 0 Å². The maximum atomic E-state index is 12.1. The zero-order valence-electron chi connectivity index (χ0n) is 13.3. The number of aryl methyl sites for hydroxylation is 1. The van der Waals surface area contributed by atoms with Crippen LogP contribution in [0, 0.1) is 0 Å². The van der Waals surface area contributed by atoms with E-state index in [1.54, 1.807) is 0 Å². The van der Waals surface area contributed by atoms with E-state index in [1.165, 1.54) is 31.2 Å². The molecule has 0 spiro atoms. The first-order valence-electron chi connectivity index (χ1n) is 8.13. The monoisotopic (exact) mass is 288 g/mol. The lowest BCUT2D eigenvalue weighted by Gasteiger charge is -2.27. The summed E-state index contributed by atoms with van der Waals surface area (Å²) >= 11 is 0. The largest absolute Gasteiger partial charge is 0.350 e. The van der Waals surface area contributed by atoms with Crippen LogP contribution in [0.3, 0.4) is 0 Å². The van der Waals surface area contributed by atoms with Crippen LogP contribution < -0.4 is 10.6 Å². The van der Waals surface area contributed by atoms with Gasteiger partial charge in [0.05, 0.1) is 6.54 Å². The number of rotatable bonds is 7. The SMILES string of the molecule is CC(C)(CCc1ccccc1)NC(=O)CNC1CCCC1. The summed E-state index contributed by atoms with van der Waals surface area (Å²) in [6.07, 6.45) is 6.95. The normalized spacial score (nSPS) is 16.1. The minimum Gasteiger partial charge on any atom is -0.350 e. The van der Waals surface area contributed by atoms with Crippen LogP contribution in [-0.2, 0) is 11.2 Å². The molecule has 1 aliphatic rings. The summed E-state index contributed by atoms with van der Waals surface area (Å²) in [6, 6.07) is 11.0. The maximum Gasteiger partial charge on any atom is 0.234 e. The summed E-state index contributed by atoms with van der Waals surface area (Å²) in [5.41, 5.74) is 1.16. The molecule has 1 aromatic rings. The fraction of sp³-hybridized carbons (Fsp3) is 0.611. The van der Waals surface area contributed by atoms with Crippen LogP contribution in [0.5, 0.6) is 0 Å². The van der Waals surface area contributed by atoms with Crippen LogP contribution in [0.25, 0.3) is 0 Å². The zero-order chi connectivity index (χ0) is 15.1. The molecule has 1 amide bonds. The summed E-state index contributed by atoms with van der Waals surface area (Å²) in [5, 5.41) is 6.51. The van der Waals surface area contributed by atoms with E-state index in [4.69, 9.17) is 0 Å². The van der Waals surface area contributed by atoms with E-state index in [1.807, 2.05) is 6.07 Å². The highest BCUT2D eigenvalue weighted by atomic mass is 16.2.